The van der Waals surface area contributed by atoms with Gasteiger partial charge in [0.05, 0.1) is 17.4 Å². The number of nitrogens with one attached hydrogen (secondary N) is 1. The van der Waals surface area contributed by atoms with Crippen molar-refractivity contribution in [3.05, 3.63) is 28.8 Å². The largest absolute Gasteiger partial charge is 0.384 e. The maximum Gasteiger partial charge on any atom is 0.101 e. The number of ether oxygens (including phenoxy) is 1. The third-order valence-corrected chi connectivity index (χ3v) is 3.14. The Balaban J connectivity index is 1.88. The van der Waals surface area contributed by atoms with Gasteiger partial charge in [-0.1, -0.05) is 11.6 Å². The van der Waals surface area contributed by atoms with Gasteiger partial charge in [-0.05, 0) is 37.5 Å². The van der Waals surface area contributed by atoms with Crippen LogP contribution in [0.15, 0.2) is 18.2 Å². The third-order valence-electron chi connectivity index (χ3n) is 2.91. The highest BCUT2D eigenvalue weighted by molar-refractivity contribution is 6.30. The molecule has 2 rings (SSSR count). The summed E-state index contributed by atoms with van der Waals surface area (Å²) in [6.45, 7) is 1.70. The van der Waals surface area contributed by atoms with E-state index in [1.165, 1.54) is 0 Å². The van der Waals surface area contributed by atoms with Crippen molar-refractivity contribution in [3.63, 3.8) is 0 Å². The van der Waals surface area contributed by atoms with Crippen LogP contribution in [0.2, 0.25) is 5.02 Å². The minimum Gasteiger partial charge on any atom is -0.384 e. The zero-order valence-electron chi connectivity index (χ0n) is 9.58. The smallest absolute Gasteiger partial charge is 0.101 e. The van der Waals surface area contributed by atoms with E-state index in [2.05, 4.69) is 11.4 Å². The topological polar surface area (TPSA) is 45.0 Å². The summed E-state index contributed by atoms with van der Waals surface area (Å²) in [6, 6.07) is 7.45. The Hall–Kier alpha value is -1.24. The van der Waals surface area contributed by atoms with Gasteiger partial charge in [0.25, 0.3) is 0 Å². The molecule has 3 nitrogen and oxygen atoms in total. The van der Waals surface area contributed by atoms with Crippen LogP contribution in [0.25, 0.3) is 0 Å². The monoisotopic (exact) mass is 250 g/mol. The number of anilines is 1. The van der Waals surface area contributed by atoms with E-state index in [1.54, 1.807) is 12.1 Å². The molecular weight excluding hydrogens is 236 g/mol. The lowest BCUT2D eigenvalue weighted by Gasteiger charge is -2.12. The van der Waals surface area contributed by atoms with Crippen LogP contribution in [0.5, 0.6) is 0 Å². The molecule has 0 spiro atoms. The van der Waals surface area contributed by atoms with Crippen molar-refractivity contribution in [2.24, 2.45) is 0 Å². The lowest BCUT2D eigenvalue weighted by atomic mass is 10.1. The number of benzene rings is 1. The zero-order chi connectivity index (χ0) is 12.1. The normalized spacial score (nSPS) is 18.9. The van der Waals surface area contributed by atoms with Crippen LogP contribution in [0.3, 0.4) is 0 Å². The predicted molar refractivity (Wildman–Crippen MR) is 68.2 cm³/mol. The van der Waals surface area contributed by atoms with E-state index < -0.39 is 0 Å². The van der Waals surface area contributed by atoms with Crippen LogP contribution in [-0.2, 0) is 4.74 Å². The fourth-order valence-electron chi connectivity index (χ4n) is 2.00. The predicted octanol–water partition coefficient (Wildman–Crippen LogP) is 3.19. The molecule has 1 fully saturated rings. The molecule has 1 unspecified atom stereocenters. The molecule has 1 atom stereocenters. The van der Waals surface area contributed by atoms with E-state index >= 15 is 0 Å². The Morgan fingerprint density at radius 1 is 1.53 bits per heavy atom. The Labute approximate surface area is 106 Å². The summed E-state index contributed by atoms with van der Waals surface area (Å²) in [5.41, 5.74) is 1.43. The lowest BCUT2D eigenvalue weighted by molar-refractivity contribution is 0.107. The van der Waals surface area contributed by atoms with Crippen molar-refractivity contribution in [1.29, 1.82) is 5.26 Å². The number of hydrogen-bond donors (Lipinski definition) is 1. The van der Waals surface area contributed by atoms with Gasteiger partial charge < -0.3 is 10.1 Å². The van der Waals surface area contributed by atoms with Crippen molar-refractivity contribution in [2.45, 2.75) is 25.4 Å². The van der Waals surface area contributed by atoms with E-state index in [1.807, 2.05) is 6.07 Å². The third kappa shape index (κ3) is 3.36. The molecule has 0 saturated carbocycles. The summed E-state index contributed by atoms with van der Waals surface area (Å²) in [7, 11) is 0. The summed E-state index contributed by atoms with van der Waals surface area (Å²) < 4.78 is 5.54. The molecule has 17 heavy (non-hydrogen) atoms. The fourth-order valence-corrected chi connectivity index (χ4v) is 2.18. The molecule has 0 aromatic heterocycles. The van der Waals surface area contributed by atoms with E-state index in [9.17, 15) is 0 Å². The minimum absolute atomic E-state index is 0.375. The van der Waals surface area contributed by atoms with E-state index in [0.717, 1.165) is 38.1 Å². The maximum absolute atomic E-state index is 8.98. The van der Waals surface area contributed by atoms with Crippen LogP contribution in [-0.4, -0.2) is 19.3 Å². The maximum atomic E-state index is 8.98. The van der Waals surface area contributed by atoms with E-state index in [0.29, 0.717) is 16.7 Å². The first-order chi connectivity index (χ1) is 8.29. The van der Waals surface area contributed by atoms with Crippen molar-refractivity contribution >= 4 is 17.3 Å². The number of nitriles is 1. The highest BCUT2D eigenvalue weighted by Gasteiger charge is 2.14. The second-order valence-corrected chi connectivity index (χ2v) is 4.59. The molecule has 0 amide bonds. The number of nitrogens with zero attached hydrogens (tertiary/aromatic N) is 1. The standard InChI is InChI=1S/C13H15ClN2O/c14-11-3-4-13(10(8-11)9-15)16-6-5-12-2-1-7-17-12/h3-4,8,12,16H,1-2,5-7H2. The van der Waals surface area contributed by atoms with Crippen molar-refractivity contribution in [2.75, 3.05) is 18.5 Å². The number of rotatable bonds is 4. The fraction of sp³-hybridized carbons (Fsp3) is 0.462. The molecule has 1 aliphatic heterocycles. The van der Waals surface area contributed by atoms with Gasteiger partial charge in [-0.25, -0.2) is 0 Å². The Morgan fingerprint density at radius 2 is 2.41 bits per heavy atom. The zero-order valence-corrected chi connectivity index (χ0v) is 10.3. The average molecular weight is 251 g/mol. The first kappa shape index (κ1) is 12.2. The van der Waals surface area contributed by atoms with E-state index in [4.69, 9.17) is 21.6 Å². The minimum atomic E-state index is 0.375. The molecule has 4 heteroatoms. The van der Waals surface area contributed by atoms with Crippen molar-refractivity contribution < 1.29 is 4.74 Å². The summed E-state index contributed by atoms with van der Waals surface area (Å²) in [5, 5.41) is 12.8. The van der Waals surface area contributed by atoms with Crippen LogP contribution >= 0.6 is 11.6 Å². The van der Waals surface area contributed by atoms with Gasteiger partial charge in [-0.15, -0.1) is 0 Å². The van der Waals surface area contributed by atoms with E-state index in [-0.39, 0.29) is 0 Å². The number of halogens is 1. The quantitative estimate of drug-likeness (QED) is 0.893. The molecule has 1 aromatic rings. The lowest BCUT2D eigenvalue weighted by Crippen LogP contribution is -2.12. The highest BCUT2D eigenvalue weighted by Crippen LogP contribution is 2.20. The SMILES string of the molecule is N#Cc1cc(Cl)ccc1NCCC1CCCO1. The molecule has 1 saturated heterocycles. The summed E-state index contributed by atoms with van der Waals surface area (Å²) in [5.74, 6) is 0. The second kappa shape index (κ2) is 5.90. The molecule has 1 aromatic carbocycles. The van der Waals surface area contributed by atoms with Crippen LogP contribution in [0, 0.1) is 11.3 Å². The average Bonchev–Trinajstić information content (AvgIpc) is 2.84. The van der Waals surface area contributed by atoms with Crippen LogP contribution in [0.1, 0.15) is 24.8 Å². The molecule has 1 aliphatic rings. The van der Waals surface area contributed by atoms with Crippen molar-refractivity contribution in [1.82, 2.24) is 0 Å². The van der Waals surface area contributed by atoms with Gasteiger partial charge in [-0.3, -0.25) is 0 Å². The molecule has 0 aliphatic carbocycles. The first-order valence-electron chi connectivity index (χ1n) is 5.85. The Bertz CT molecular complexity index is 422. The molecule has 1 heterocycles. The highest BCUT2D eigenvalue weighted by atomic mass is 35.5. The summed E-state index contributed by atoms with van der Waals surface area (Å²) >= 11 is 5.83. The Kier molecular flexibility index (Phi) is 4.24. The van der Waals surface area contributed by atoms with Gasteiger partial charge in [0, 0.05) is 18.2 Å². The number of hydrogen-bond acceptors (Lipinski definition) is 3. The van der Waals surface area contributed by atoms with Gasteiger partial charge in [0.1, 0.15) is 6.07 Å². The summed E-state index contributed by atoms with van der Waals surface area (Å²) in [6.07, 6.45) is 3.66. The van der Waals surface area contributed by atoms with Crippen LogP contribution < -0.4 is 5.32 Å². The van der Waals surface area contributed by atoms with Gasteiger partial charge >= 0.3 is 0 Å². The summed E-state index contributed by atoms with van der Waals surface area (Å²) in [4.78, 5) is 0. The molecule has 1 N–H and O–H groups in total. The molecule has 90 valence electrons. The second-order valence-electron chi connectivity index (χ2n) is 4.15. The van der Waals surface area contributed by atoms with Gasteiger partial charge in [0.2, 0.25) is 0 Å². The molecular formula is C13H15ClN2O. The van der Waals surface area contributed by atoms with Crippen molar-refractivity contribution in [3.8, 4) is 6.07 Å². The van der Waals surface area contributed by atoms with Gasteiger partial charge in [0.15, 0.2) is 0 Å². The van der Waals surface area contributed by atoms with Gasteiger partial charge in [-0.2, -0.15) is 5.26 Å². The molecule has 0 bridgehead atoms. The van der Waals surface area contributed by atoms with Crippen LogP contribution in [0.4, 0.5) is 5.69 Å². The first-order valence-corrected chi connectivity index (χ1v) is 6.22. The Morgan fingerprint density at radius 3 is 3.12 bits per heavy atom. The molecule has 0 radical (unpaired) electrons.